The van der Waals surface area contributed by atoms with Crippen LogP contribution in [0, 0.1) is 6.92 Å². The highest BCUT2D eigenvalue weighted by Gasteiger charge is 2.52. The third-order valence-corrected chi connectivity index (χ3v) is 5.42. The summed E-state index contributed by atoms with van der Waals surface area (Å²) >= 11 is 6.31. The van der Waals surface area contributed by atoms with Gasteiger partial charge in [-0.2, -0.15) is 0 Å². The second kappa shape index (κ2) is 5.71. The Kier molecular flexibility index (Phi) is 4.64. The molecule has 23 heavy (non-hydrogen) atoms. The Balaban J connectivity index is 2.43. The summed E-state index contributed by atoms with van der Waals surface area (Å²) in [6, 6.07) is 3.41. The van der Waals surface area contributed by atoms with Gasteiger partial charge in [0.2, 0.25) is 6.43 Å². The molecule has 0 radical (unpaired) electrons. The summed E-state index contributed by atoms with van der Waals surface area (Å²) in [5, 5.41) is 0.311. The molecule has 1 aliphatic rings. The lowest BCUT2D eigenvalue weighted by molar-refractivity contribution is 0.00578. The van der Waals surface area contributed by atoms with Gasteiger partial charge in [0.1, 0.15) is 0 Å². The minimum atomic E-state index is -2.50. The summed E-state index contributed by atoms with van der Waals surface area (Å²) in [6.45, 7) is 12.7. The molecule has 0 N–H and O–H groups in total. The SMILES string of the molecule is Cc1cc(C(C)(C)C(F)F)c(Cl)cc1B1OC(C)(C)C(C)(C)O1. The van der Waals surface area contributed by atoms with Crippen molar-refractivity contribution in [2.75, 3.05) is 0 Å². The first-order valence-corrected chi connectivity index (χ1v) is 8.12. The Morgan fingerprint density at radius 3 is 2.00 bits per heavy atom. The van der Waals surface area contributed by atoms with Crippen molar-refractivity contribution in [3.63, 3.8) is 0 Å². The fraction of sp³-hybridized carbons (Fsp3) is 0.647. The Morgan fingerprint density at radius 2 is 1.57 bits per heavy atom. The van der Waals surface area contributed by atoms with E-state index >= 15 is 0 Å². The zero-order valence-corrected chi connectivity index (χ0v) is 15.5. The lowest BCUT2D eigenvalue weighted by atomic mass is 9.73. The third-order valence-electron chi connectivity index (χ3n) is 5.10. The van der Waals surface area contributed by atoms with Crippen molar-refractivity contribution in [2.45, 2.75) is 71.5 Å². The van der Waals surface area contributed by atoms with Gasteiger partial charge in [-0.15, -0.1) is 0 Å². The molecule has 0 aliphatic carbocycles. The van der Waals surface area contributed by atoms with Crippen LogP contribution < -0.4 is 5.46 Å². The Bertz CT molecular complexity index is 599. The molecule has 0 saturated carbocycles. The van der Waals surface area contributed by atoms with Gasteiger partial charge in [-0.3, -0.25) is 0 Å². The lowest BCUT2D eigenvalue weighted by Gasteiger charge is -2.32. The number of halogens is 3. The van der Waals surface area contributed by atoms with Crippen LogP contribution in [0.5, 0.6) is 0 Å². The van der Waals surface area contributed by atoms with Crippen molar-refractivity contribution in [1.29, 1.82) is 0 Å². The molecule has 1 aliphatic heterocycles. The van der Waals surface area contributed by atoms with E-state index in [9.17, 15) is 8.78 Å². The van der Waals surface area contributed by atoms with Crippen molar-refractivity contribution in [1.82, 2.24) is 0 Å². The predicted octanol–water partition coefficient (Wildman–Crippen LogP) is 4.49. The van der Waals surface area contributed by atoms with Crippen LogP contribution in [0.3, 0.4) is 0 Å². The van der Waals surface area contributed by atoms with E-state index in [0.717, 1.165) is 11.0 Å². The first-order valence-electron chi connectivity index (χ1n) is 7.74. The zero-order chi connectivity index (χ0) is 17.8. The smallest absolute Gasteiger partial charge is 0.399 e. The van der Waals surface area contributed by atoms with Gasteiger partial charge >= 0.3 is 7.12 Å². The molecule has 0 amide bonds. The summed E-state index contributed by atoms with van der Waals surface area (Å²) in [4.78, 5) is 0. The molecule has 1 aromatic carbocycles. The van der Waals surface area contributed by atoms with E-state index < -0.39 is 30.2 Å². The molecule has 0 spiro atoms. The lowest BCUT2D eigenvalue weighted by Crippen LogP contribution is -2.41. The number of aryl methyl sites for hydroxylation is 1. The van der Waals surface area contributed by atoms with Crippen LogP contribution in [0.15, 0.2) is 12.1 Å². The van der Waals surface area contributed by atoms with Gasteiger partial charge < -0.3 is 9.31 Å². The minimum absolute atomic E-state index is 0.311. The van der Waals surface area contributed by atoms with E-state index in [1.807, 2.05) is 34.6 Å². The van der Waals surface area contributed by atoms with Gasteiger partial charge in [0.25, 0.3) is 0 Å². The van der Waals surface area contributed by atoms with Crippen LogP contribution in [0.4, 0.5) is 8.78 Å². The molecule has 1 saturated heterocycles. The van der Waals surface area contributed by atoms with E-state index in [1.165, 1.54) is 13.8 Å². The monoisotopic (exact) mass is 344 g/mol. The second-order valence-electron chi connectivity index (χ2n) is 7.80. The Hall–Kier alpha value is -0.645. The molecule has 1 heterocycles. The van der Waals surface area contributed by atoms with Gasteiger partial charge in [-0.1, -0.05) is 37.1 Å². The van der Waals surface area contributed by atoms with Crippen molar-refractivity contribution < 1.29 is 18.1 Å². The first kappa shape index (κ1) is 18.7. The van der Waals surface area contributed by atoms with E-state index in [-0.39, 0.29) is 0 Å². The molecule has 0 aromatic heterocycles. The quantitative estimate of drug-likeness (QED) is 0.752. The van der Waals surface area contributed by atoms with Crippen LogP contribution in [0.2, 0.25) is 5.02 Å². The molecular weight excluding hydrogens is 320 g/mol. The molecule has 128 valence electrons. The molecule has 1 fully saturated rings. The van der Waals surface area contributed by atoms with E-state index in [2.05, 4.69) is 0 Å². The van der Waals surface area contributed by atoms with Crippen LogP contribution in [0.25, 0.3) is 0 Å². The average Bonchev–Trinajstić information content (AvgIpc) is 2.60. The molecule has 0 atom stereocenters. The van der Waals surface area contributed by atoms with Crippen molar-refractivity contribution in [3.05, 3.63) is 28.3 Å². The fourth-order valence-electron chi connectivity index (χ4n) is 2.53. The number of hydrogen-bond donors (Lipinski definition) is 0. The molecule has 6 heteroatoms. The normalized spacial score (nSPS) is 20.4. The Labute approximate surface area is 142 Å². The number of rotatable bonds is 3. The predicted molar refractivity (Wildman–Crippen MR) is 90.9 cm³/mol. The number of hydrogen-bond acceptors (Lipinski definition) is 2. The summed E-state index contributed by atoms with van der Waals surface area (Å²) in [5.74, 6) is 0. The standard InChI is InChI=1S/C17H24BClF2O2/c1-10-8-11(15(2,3)14(20)21)13(19)9-12(10)18-22-16(4,5)17(6,7)23-18/h8-9,14H,1-7H3. The first-order chi connectivity index (χ1) is 10.3. The summed E-state index contributed by atoms with van der Waals surface area (Å²) < 4.78 is 38.7. The van der Waals surface area contributed by atoms with Gasteiger partial charge in [-0.05, 0) is 51.7 Å². The van der Waals surface area contributed by atoms with Gasteiger partial charge in [0, 0.05) is 5.02 Å². The molecular formula is C17H24BClF2O2. The van der Waals surface area contributed by atoms with Gasteiger partial charge in [0.15, 0.2) is 0 Å². The maximum atomic E-state index is 13.3. The Morgan fingerprint density at radius 1 is 1.09 bits per heavy atom. The third kappa shape index (κ3) is 3.15. The van der Waals surface area contributed by atoms with Crippen molar-refractivity contribution in [3.8, 4) is 0 Å². The van der Waals surface area contributed by atoms with Gasteiger partial charge in [0.05, 0.1) is 16.6 Å². The van der Waals surface area contributed by atoms with Crippen LogP contribution in [-0.2, 0) is 14.7 Å². The molecule has 2 rings (SSSR count). The van der Waals surface area contributed by atoms with Crippen LogP contribution in [-0.4, -0.2) is 24.7 Å². The van der Waals surface area contributed by atoms with E-state index in [0.29, 0.717) is 10.6 Å². The highest BCUT2D eigenvalue weighted by Crippen LogP contribution is 2.38. The fourth-order valence-corrected chi connectivity index (χ4v) is 2.95. The molecule has 1 aromatic rings. The zero-order valence-electron chi connectivity index (χ0n) is 14.8. The molecule has 0 unspecified atom stereocenters. The van der Waals surface area contributed by atoms with E-state index in [1.54, 1.807) is 12.1 Å². The maximum absolute atomic E-state index is 13.3. The highest BCUT2D eigenvalue weighted by atomic mass is 35.5. The van der Waals surface area contributed by atoms with Crippen molar-refractivity contribution in [2.24, 2.45) is 0 Å². The highest BCUT2D eigenvalue weighted by molar-refractivity contribution is 6.63. The molecule has 2 nitrogen and oxygen atoms in total. The number of alkyl halides is 2. The van der Waals surface area contributed by atoms with Crippen molar-refractivity contribution >= 4 is 24.2 Å². The average molecular weight is 345 g/mol. The summed E-state index contributed by atoms with van der Waals surface area (Å²) in [6.07, 6.45) is -2.50. The van der Waals surface area contributed by atoms with E-state index in [4.69, 9.17) is 20.9 Å². The number of benzene rings is 1. The molecule has 0 bridgehead atoms. The van der Waals surface area contributed by atoms with Gasteiger partial charge in [-0.25, -0.2) is 8.78 Å². The van der Waals surface area contributed by atoms with Crippen LogP contribution in [0.1, 0.15) is 52.7 Å². The summed E-state index contributed by atoms with van der Waals surface area (Å²) in [7, 11) is -0.554. The van der Waals surface area contributed by atoms with Crippen LogP contribution >= 0.6 is 11.6 Å². The minimum Gasteiger partial charge on any atom is -0.399 e. The second-order valence-corrected chi connectivity index (χ2v) is 8.21. The summed E-state index contributed by atoms with van der Waals surface area (Å²) in [5.41, 5.74) is -0.184. The topological polar surface area (TPSA) is 18.5 Å². The largest absolute Gasteiger partial charge is 0.495 e. The maximum Gasteiger partial charge on any atom is 0.495 e.